The fourth-order valence-corrected chi connectivity index (χ4v) is 1.38. The highest BCUT2D eigenvalue weighted by atomic mass is 16.5. The van der Waals surface area contributed by atoms with Gasteiger partial charge in [-0.05, 0) is 25.7 Å². The summed E-state index contributed by atoms with van der Waals surface area (Å²) in [5.41, 5.74) is 0. The average molecular weight is 197 g/mol. The summed E-state index contributed by atoms with van der Waals surface area (Å²) in [6, 6.07) is 0. The third kappa shape index (κ3) is 5.02. The van der Waals surface area contributed by atoms with Crippen molar-refractivity contribution in [3.63, 3.8) is 0 Å². The average Bonchev–Trinajstić information content (AvgIpc) is 2.69. The number of aromatic nitrogens is 2. The van der Waals surface area contributed by atoms with Crippen LogP contribution in [0.5, 0.6) is 0 Å². The van der Waals surface area contributed by atoms with E-state index in [9.17, 15) is 0 Å². The number of hydrogen-bond acceptors (Lipinski definition) is 1. The van der Waals surface area contributed by atoms with Gasteiger partial charge in [0.25, 0.3) is 0 Å². The van der Waals surface area contributed by atoms with Gasteiger partial charge in [0.15, 0.2) is 0 Å². The van der Waals surface area contributed by atoms with Crippen LogP contribution in [-0.4, -0.2) is 18.2 Å². The summed E-state index contributed by atoms with van der Waals surface area (Å²) in [7, 11) is 0. The first-order chi connectivity index (χ1) is 6.93. The topological polar surface area (TPSA) is 28.9 Å². The maximum atomic E-state index is 5.41. The Kier molecular flexibility index (Phi) is 6.07. The van der Waals surface area contributed by atoms with Crippen molar-refractivity contribution in [3.8, 4) is 0 Å². The molecule has 1 N–H and O–H groups in total. The van der Waals surface area contributed by atoms with Crippen molar-refractivity contribution in [2.24, 2.45) is 0 Å². The maximum Gasteiger partial charge on any atom is 0.241 e. The fraction of sp³-hybridized carbons (Fsp3) is 0.727. The van der Waals surface area contributed by atoms with Gasteiger partial charge in [-0.25, -0.2) is 4.57 Å². The SMILES string of the molecule is CCCOCCCCC[n+]1cc[nH]c1. The molecule has 0 radical (unpaired) electrons. The van der Waals surface area contributed by atoms with E-state index in [2.05, 4.69) is 22.7 Å². The summed E-state index contributed by atoms with van der Waals surface area (Å²) < 4.78 is 7.58. The molecule has 0 aliphatic rings. The molecule has 0 bridgehead atoms. The van der Waals surface area contributed by atoms with Crippen LogP contribution in [0.15, 0.2) is 18.7 Å². The van der Waals surface area contributed by atoms with E-state index in [1.54, 1.807) is 0 Å². The first-order valence-electron chi connectivity index (χ1n) is 5.53. The third-order valence-electron chi connectivity index (χ3n) is 2.16. The van der Waals surface area contributed by atoms with Crippen LogP contribution in [0.2, 0.25) is 0 Å². The molecule has 3 heteroatoms. The minimum Gasteiger partial charge on any atom is -0.381 e. The highest BCUT2D eigenvalue weighted by Gasteiger charge is 1.96. The zero-order valence-corrected chi connectivity index (χ0v) is 9.04. The number of nitrogens with one attached hydrogen (secondary N) is 1. The van der Waals surface area contributed by atoms with Gasteiger partial charge in [0.1, 0.15) is 12.4 Å². The zero-order chi connectivity index (χ0) is 10.1. The van der Waals surface area contributed by atoms with Gasteiger partial charge in [-0.3, -0.25) is 4.98 Å². The molecule has 0 unspecified atom stereocenters. The highest BCUT2D eigenvalue weighted by Crippen LogP contribution is 1.96. The van der Waals surface area contributed by atoms with Gasteiger partial charge >= 0.3 is 0 Å². The number of aromatic amines is 1. The number of unbranched alkanes of at least 4 members (excludes halogenated alkanes) is 2. The van der Waals surface area contributed by atoms with Gasteiger partial charge in [0.05, 0.1) is 6.54 Å². The Hall–Kier alpha value is -0.830. The molecule has 0 saturated carbocycles. The van der Waals surface area contributed by atoms with Crippen LogP contribution in [0.3, 0.4) is 0 Å². The van der Waals surface area contributed by atoms with Gasteiger partial charge in [-0.2, -0.15) is 0 Å². The predicted molar refractivity (Wildman–Crippen MR) is 55.9 cm³/mol. The fourth-order valence-electron chi connectivity index (χ4n) is 1.38. The van der Waals surface area contributed by atoms with Gasteiger partial charge < -0.3 is 4.74 Å². The number of hydrogen-bond donors (Lipinski definition) is 1. The number of imidazole rings is 1. The predicted octanol–water partition coefficient (Wildman–Crippen LogP) is 1.90. The van der Waals surface area contributed by atoms with Crippen molar-refractivity contribution in [1.29, 1.82) is 0 Å². The van der Waals surface area contributed by atoms with Crippen LogP contribution in [0.25, 0.3) is 0 Å². The van der Waals surface area contributed by atoms with Gasteiger partial charge in [0.2, 0.25) is 6.33 Å². The normalized spacial score (nSPS) is 10.6. The van der Waals surface area contributed by atoms with Crippen molar-refractivity contribution in [3.05, 3.63) is 18.7 Å². The van der Waals surface area contributed by atoms with Crippen molar-refractivity contribution in [2.45, 2.75) is 39.2 Å². The minimum absolute atomic E-state index is 0.909. The molecule has 3 nitrogen and oxygen atoms in total. The Labute approximate surface area is 86.1 Å². The lowest BCUT2D eigenvalue weighted by Gasteiger charge is -2.01. The second-order valence-corrected chi connectivity index (χ2v) is 3.52. The van der Waals surface area contributed by atoms with Crippen molar-refractivity contribution in [1.82, 2.24) is 4.98 Å². The molecule has 0 aliphatic carbocycles. The molecular formula is C11H21N2O+. The van der Waals surface area contributed by atoms with Crippen molar-refractivity contribution in [2.75, 3.05) is 13.2 Å². The smallest absolute Gasteiger partial charge is 0.241 e. The largest absolute Gasteiger partial charge is 0.381 e. The summed E-state index contributed by atoms with van der Waals surface area (Å²) in [6.45, 7) is 5.08. The standard InChI is InChI=1S/C11H20N2O/c1-2-9-14-10-5-3-4-7-13-8-6-12-11-13/h6,8,11H,2-5,7,9-10H2,1H3/p+1. The van der Waals surface area contributed by atoms with E-state index in [1.807, 2.05) is 12.5 Å². The molecule has 0 amide bonds. The molecule has 1 rings (SSSR count). The molecular weight excluding hydrogens is 176 g/mol. The van der Waals surface area contributed by atoms with E-state index in [1.165, 1.54) is 19.3 Å². The summed E-state index contributed by atoms with van der Waals surface area (Å²) >= 11 is 0. The van der Waals surface area contributed by atoms with Crippen LogP contribution in [-0.2, 0) is 11.3 Å². The third-order valence-corrected chi connectivity index (χ3v) is 2.16. The molecule has 1 aromatic heterocycles. The zero-order valence-electron chi connectivity index (χ0n) is 9.04. The maximum absolute atomic E-state index is 5.41. The van der Waals surface area contributed by atoms with Crippen molar-refractivity contribution < 1.29 is 9.30 Å². The lowest BCUT2D eigenvalue weighted by Crippen LogP contribution is -2.30. The molecule has 0 saturated heterocycles. The molecule has 0 aromatic carbocycles. The van der Waals surface area contributed by atoms with Crippen LogP contribution in [0.1, 0.15) is 32.6 Å². The Balaban J connectivity index is 1.85. The Bertz CT molecular complexity index is 209. The molecule has 0 fully saturated rings. The molecule has 1 heterocycles. The second kappa shape index (κ2) is 7.56. The number of nitrogens with zero attached hydrogens (tertiary/aromatic N) is 1. The van der Waals surface area contributed by atoms with E-state index < -0.39 is 0 Å². The van der Waals surface area contributed by atoms with Gasteiger partial charge in [0, 0.05) is 13.2 Å². The second-order valence-electron chi connectivity index (χ2n) is 3.52. The van der Waals surface area contributed by atoms with Crippen LogP contribution < -0.4 is 4.57 Å². The van der Waals surface area contributed by atoms with Crippen molar-refractivity contribution >= 4 is 0 Å². The number of rotatable bonds is 8. The van der Waals surface area contributed by atoms with E-state index >= 15 is 0 Å². The Morgan fingerprint density at radius 3 is 2.86 bits per heavy atom. The number of H-pyrrole nitrogens is 1. The summed E-state index contributed by atoms with van der Waals surface area (Å²) in [4.78, 5) is 3.04. The first kappa shape index (κ1) is 11.2. The molecule has 0 atom stereocenters. The summed E-state index contributed by atoms with van der Waals surface area (Å²) in [5.74, 6) is 0. The Morgan fingerprint density at radius 2 is 2.14 bits per heavy atom. The molecule has 14 heavy (non-hydrogen) atoms. The molecule has 80 valence electrons. The van der Waals surface area contributed by atoms with Crippen LogP contribution in [0.4, 0.5) is 0 Å². The molecule has 1 aromatic rings. The monoisotopic (exact) mass is 197 g/mol. The Morgan fingerprint density at radius 1 is 1.21 bits per heavy atom. The molecule has 0 spiro atoms. The quantitative estimate of drug-likeness (QED) is 0.500. The van der Waals surface area contributed by atoms with Gasteiger partial charge in [-0.15, -0.1) is 0 Å². The van der Waals surface area contributed by atoms with E-state index in [4.69, 9.17) is 4.74 Å². The van der Waals surface area contributed by atoms with Gasteiger partial charge in [-0.1, -0.05) is 6.92 Å². The summed E-state index contributed by atoms with van der Waals surface area (Å²) in [5, 5.41) is 0. The highest BCUT2D eigenvalue weighted by molar-refractivity contribution is 4.55. The lowest BCUT2D eigenvalue weighted by molar-refractivity contribution is -0.696. The minimum atomic E-state index is 0.909. The molecule has 0 aliphatic heterocycles. The van der Waals surface area contributed by atoms with E-state index in [0.717, 1.165) is 26.2 Å². The number of ether oxygens (including phenoxy) is 1. The lowest BCUT2D eigenvalue weighted by atomic mass is 10.2. The van der Waals surface area contributed by atoms with E-state index in [0.29, 0.717) is 0 Å². The van der Waals surface area contributed by atoms with Crippen LogP contribution >= 0.6 is 0 Å². The number of aryl methyl sites for hydroxylation is 1. The van der Waals surface area contributed by atoms with E-state index in [-0.39, 0.29) is 0 Å². The summed E-state index contributed by atoms with van der Waals surface area (Å²) in [6.07, 6.45) is 10.8. The van der Waals surface area contributed by atoms with Crippen LogP contribution in [0, 0.1) is 0 Å². The first-order valence-corrected chi connectivity index (χ1v) is 5.53.